The van der Waals surface area contributed by atoms with Crippen LogP contribution in [0.5, 0.6) is 0 Å². The molecule has 1 N–H and O–H groups in total. The van der Waals surface area contributed by atoms with Gasteiger partial charge in [0.05, 0.1) is 16.5 Å². The highest BCUT2D eigenvalue weighted by atomic mass is 35.5. The number of benzene rings is 1. The SMILES string of the molecule is CC1(C(=O)Nc2cc(C(F)(F)F)cc(C(F)(F)F)c2)CC1(Cl)Cl. The Morgan fingerprint density at radius 3 is 1.74 bits per heavy atom. The predicted molar refractivity (Wildman–Crippen MR) is 72.2 cm³/mol. The molecule has 23 heavy (non-hydrogen) atoms. The van der Waals surface area contributed by atoms with Crippen molar-refractivity contribution in [1.29, 1.82) is 0 Å². The zero-order chi connectivity index (χ0) is 17.8. The van der Waals surface area contributed by atoms with Gasteiger partial charge in [0.1, 0.15) is 4.33 Å². The first-order chi connectivity index (χ1) is 10.2. The second-order valence-electron chi connectivity index (χ2n) is 5.46. The molecule has 1 saturated carbocycles. The van der Waals surface area contributed by atoms with Gasteiger partial charge >= 0.3 is 12.4 Å². The molecule has 0 radical (unpaired) electrons. The van der Waals surface area contributed by atoms with Gasteiger partial charge in [-0.2, -0.15) is 26.3 Å². The minimum absolute atomic E-state index is 0.0259. The van der Waals surface area contributed by atoms with Crippen LogP contribution in [-0.4, -0.2) is 10.2 Å². The lowest BCUT2D eigenvalue weighted by atomic mass is 10.1. The maximum atomic E-state index is 12.7. The Morgan fingerprint density at radius 2 is 1.43 bits per heavy atom. The van der Waals surface area contributed by atoms with Gasteiger partial charge in [-0.3, -0.25) is 4.79 Å². The van der Waals surface area contributed by atoms with E-state index < -0.39 is 44.8 Å². The Hall–Kier alpha value is -1.15. The maximum absolute atomic E-state index is 12.7. The molecule has 1 aliphatic carbocycles. The summed E-state index contributed by atoms with van der Waals surface area (Å²) in [6.07, 6.45) is -9.94. The molecule has 10 heteroatoms. The van der Waals surface area contributed by atoms with Gasteiger partial charge in [-0.15, -0.1) is 23.2 Å². The number of hydrogen-bond donors (Lipinski definition) is 1. The fourth-order valence-corrected chi connectivity index (χ4v) is 2.65. The van der Waals surface area contributed by atoms with Gasteiger partial charge in [-0.25, -0.2) is 0 Å². The third kappa shape index (κ3) is 3.52. The van der Waals surface area contributed by atoms with Crippen molar-refractivity contribution < 1.29 is 31.1 Å². The van der Waals surface area contributed by atoms with E-state index in [-0.39, 0.29) is 12.5 Å². The molecule has 1 fully saturated rings. The van der Waals surface area contributed by atoms with Crippen molar-refractivity contribution in [3.63, 3.8) is 0 Å². The second kappa shape index (κ2) is 5.17. The normalized spacial score (nSPS) is 23.5. The number of anilines is 1. The molecule has 1 aliphatic rings. The van der Waals surface area contributed by atoms with Crippen LogP contribution in [0.4, 0.5) is 32.0 Å². The topological polar surface area (TPSA) is 29.1 Å². The van der Waals surface area contributed by atoms with Gasteiger partial charge in [-0.05, 0) is 31.5 Å². The minimum Gasteiger partial charge on any atom is -0.325 e. The van der Waals surface area contributed by atoms with Gasteiger partial charge in [0.2, 0.25) is 5.91 Å². The molecular weight excluding hydrogens is 371 g/mol. The Labute approximate surface area is 136 Å². The van der Waals surface area contributed by atoms with E-state index in [1.54, 1.807) is 0 Å². The molecule has 0 heterocycles. The van der Waals surface area contributed by atoms with E-state index in [1.807, 2.05) is 5.32 Å². The number of alkyl halides is 8. The summed E-state index contributed by atoms with van der Waals surface area (Å²) in [4.78, 5) is 12.0. The predicted octanol–water partition coefficient (Wildman–Crippen LogP) is 5.25. The highest BCUT2D eigenvalue weighted by molar-refractivity contribution is 6.53. The third-order valence-electron chi connectivity index (χ3n) is 3.60. The van der Waals surface area contributed by atoms with Crippen molar-refractivity contribution in [1.82, 2.24) is 0 Å². The zero-order valence-corrected chi connectivity index (χ0v) is 12.9. The summed E-state index contributed by atoms with van der Waals surface area (Å²) >= 11 is 11.5. The molecule has 0 aliphatic heterocycles. The number of carbonyl (C=O) groups excluding carboxylic acids is 1. The Morgan fingerprint density at radius 1 is 1.04 bits per heavy atom. The Kier molecular flexibility index (Phi) is 4.09. The highest BCUT2D eigenvalue weighted by Gasteiger charge is 2.67. The summed E-state index contributed by atoms with van der Waals surface area (Å²) in [7, 11) is 0. The van der Waals surface area contributed by atoms with Crippen molar-refractivity contribution >= 4 is 34.8 Å². The van der Waals surface area contributed by atoms with Crippen molar-refractivity contribution in [2.45, 2.75) is 30.0 Å². The molecule has 0 aromatic heterocycles. The standard InChI is InChI=1S/C13H9Cl2F6NO/c1-10(5-11(10,14)15)9(23)22-8-3-6(12(16,17)18)2-7(4-8)13(19,20)21/h2-4H,5H2,1H3,(H,22,23). The summed E-state index contributed by atoms with van der Waals surface area (Å²) in [5.41, 5.74) is -4.95. The van der Waals surface area contributed by atoms with Gasteiger partial charge < -0.3 is 5.32 Å². The number of amides is 1. The number of hydrogen-bond acceptors (Lipinski definition) is 1. The van der Waals surface area contributed by atoms with Crippen molar-refractivity contribution in [3.05, 3.63) is 29.3 Å². The Balaban J connectivity index is 2.37. The van der Waals surface area contributed by atoms with E-state index in [0.717, 1.165) is 0 Å². The van der Waals surface area contributed by atoms with E-state index in [1.165, 1.54) is 6.92 Å². The van der Waals surface area contributed by atoms with Gasteiger partial charge in [0.15, 0.2) is 0 Å². The minimum atomic E-state index is -4.99. The monoisotopic (exact) mass is 379 g/mol. The van der Waals surface area contributed by atoms with Crippen LogP contribution < -0.4 is 5.32 Å². The summed E-state index contributed by atoms with van der Waals surface area (Å²) in [6, 6.07) is 0.813. The largest absolute Gasteiger partial charge is 0.416 e. The molecule has 2 nitrogen and oxygen atoms in total. The van der Waals surface area contributed by atoms with E-state index in [9.17, 15) is 31.1 Å². The molecule has 1 amide bonds. The van der Waals surface area contributed by atoms with Crippen LogP contribution in [0.15, 0.2) is 18.2 Å². The first-order valence-electron chi connectivity index (χ1n) is 6.16. The van der Waals surface area contributed by atoms with E-state index >= 15 is 0 Å². The van der Waals surface area contributed by atoms with Crippen molar-refractivity contribution in [3.8, 4) is 0 Å². The summed E-state index contributed by atoms with van der Waals surface area (Å²) < 4.78 is 74.9. The number of carbonyl (C=O) groups is 1. The molecule has 0 bridgehead atoms. The van der Waals surface area contributed by atoms with Crippen LogP contribution in [0, 0.1) is 5.41 Å². The average molecular weight is 380 g/mol. The third-order valence-corrected chi connectivity index (χ3v) is 4.71. The molecule has 0 saturated heterocycles. The van der Waals surface area contributed by atoms with Crippen LogP contribution in [0.25, 0.3) is 0 Å². The van der Waals surface area contributed by atoms with Gasteiger partial charge in [0, 0.05) is 5.69 Å². The fraction of sp³-hybridized carbons (Fsp3) is 0.462. The van der Waals surface area contributed by atoms with Gasteiger partial charge in [0.25, 0.3) is 0 Å². The van der Waals surface area contributed by atoms with Crippen molar-refractivity contribution in [2.75, 3.05) is 5.32 Å². The van der Waals surface area contributed by atoms with Crippen molar-refractivity contribution in [2.24, 2.45) is 5.41 Å². The molecule has 1 unspecified atom stereocenters. The summed E-state index contributed by atoms with van der Waals surface area (Å²) in [5, 5.41) is 2.02. The van der Waals surface area contributed by atoms with E-state index in [0.29, 0.717) is 12.1 Å². The molecule has 1 aromatic carbocycles. The highest BCUT2D eigenvalue weighted by Crippen LogP contribution is 2.64. The summed E-state index contributed by atoms with van der Waals surface area (Å²) in [5.74, 6) is -0.852. The van der Waals surface area contributed by atoms with Crippen LogP contribution in [0.3, 0.4) is 0 Å². The van der Waals surface area contributed by atoms with E-state index in [2.05, 4.69) is 0 Å². The lowest BCUT2D eigenvalue weighted by molar-refractivity contribution is -0.143. The molecule has 0 spiro atoms. The van der Waals surface area contributed by atoms with Crippen LogP contribution in [-0.2, 0) is 17.1 Å². The average Bonchev–Trinajstić information content (AvgIpc) is 2.87. The molecular formula is C13H9Cl2F6NO. The summed E-state index contributed by atoms with van der Waals surface area (Å²) in [6.45, 7) is 1.36. The molecule has 128 valence electrons. The van der Waals surface area contributed by atoms with Gasteiger partial charge in [-0.1, -0.05) is 0 Å². The zero-order valence-electron chi connectivity index (χ0n) is 11.4. The number of halogens is 8. The van der Waals surface area contributed by atoms with Crippen LogP contribution >= 0.6 is 23.2 Å². The number of rotatable bonds is 2. The smallest absolute Gasteiger partial charge is 0.325 e. The fourth-order valence-electron chi connectivity index (χ4n) is 1.94. The second-order valence-corrected chi connectivity index (χ2v) is 6.95. The lowest BCUT2D eigenvalue weighted by Gasteiger charge is -2.17. The Bertz CT molecular complexity index is 623. The molecule has 1 atom stereocenters. The van der Waals surface area contributed by atoms with Crippen LogP contribution in [0.2, 0.25) is 0 Å². The molecule has 1 aromatic rings. The van der Waals surface area contributed by atoms with Crippen LogP contribution in [0.1, 0.15) is 24.5 Å². The first-order valence-corrected chi connectivity index (χ1v) is 6.91. The quantitative estimate of drug-likeness (QED) is 0.552. The first kappa shape index (κ1) is 18.2. The lowest BCUT2D eigenvalue weighted by Crippen LogP contribution is -2.26. The number of nitrogens with one attached hydrogen (secondary N) is 1. The van der Waals surface area contributed by atoms with E-state index in [4.69, 9.17) is 23.2 Å². The maximum Gasteiger partial charge on any atom is 0.416 e. The molecule has 2 rings (SSSR count).